The van der Waals surface area contributed by atoms with Gasteiger partial charge in [0.05, 0.1) is 5.56 Å². The summed E-state index contributed by atoms with van der Waals surface area (Å²) in [4.78, 5) is 5.45. The average Bonchev–Trinajstić information content (AvgIpc) is 2.29. The van der Waals surface area contributed by atoms with Crippen LogP contribution in [-0.4, -0.2) is 12.5 Å². The fourth-order valence-corrected chi connectivity index (χ4v) is 2.39. The normalized spacial score (nSPS) is 15.0. The fourth-order valence-electron chi connectivity index (χ4n) is 1.34. The molecule has 1 aromatic rings. The summed E-state index contributed by atoms with van der Waals surface area (Å²) in [6.45, 7) is 4.80. The first kappa shape index (κ1) is 7.61. The van der Waals surface area contributed by atoms with Crippen molar-refractivity contribution in [2.45, 2.75) is 13.8 Å². The van der Waals surface area contributed by atoms with Gasteiger partial charge in [0.15, 0.2) is 0 Å². The van der Waals surface area contributed by atoms with Crippen LogP contribution in [0.3, 0.4) is 0 Å². The van der Waals surface area contributed by atoms with Crippen LogP contribution in [0.1, 0.15) is 16.0 Å². The van der Waals surface area contributed by atoms with E-state index in [2.05, 4.69) is 24.2 Å². The number of nitrogens with two attached hydrogens (primary N) is 1. The van der Waals surface area contributed by atoms with Gasteiger partial charge in [0.1, 0.15) is 17.5 Å². The Balaban J connectivity index is 2.65. The van der Waals surface area contributed by atoms with Gasteiger partial charge >= 0.3 is 0 Å². The molecule has 0 unspecified atom stereocenters. The number of nitrogens with one attached hydrogen (secondary N) is 1. The van der Waals surface area contributed by atoms with Crippen LogP contribution in [0.5, 0.6) is 0 Å². The third-order valence-electron chi connectivity index (χ3n) is 2.13. The van der Waals surface area contributed by atoms with Crippen LogP contribution in [0.2, 0.25) is 0 Å². The molecule has 0 aromatic carbocycles. The second kappa shape index (κ2) is 2.48. The van der Waals surface area contributed by atoms with Gasteiger partial charge in [-0.1, -0.05) is 0 Å². The fraction of sp³-hybridized carbons (Fsp3) is 0.375. The van der Waals surface area contributed by atoms with E-state index in [1.807, 2.05) is 0 Å². The molecule has 1 aromatic heterocycles. The molecule has 2 heterocycles. The first-order chi connectivity index (χ1) is 5.70. The van der Waals surface area contributed by atoms with Crippen molar-refractivity contribution in [1.29, 1.82) is 0 Å². The number of hydrogen-bond acceptors (Lipinski definition) is 4. The summed E-state index contributed by atoms with van der Waals surface area (Å²) in [5.41, 5.74) is 8.13. The van der Waals surface area contributed by atoms with E-state index in [-0.39, 0.29) is 0 Å². The maximum Gasteiger partial charge on any atom is 0.130 e. The Labute approximate surface area is 75.3 Å². The second-order valence-electron chi connectivity index (χ2n) is 2.87. The van der Waals surface area contributed by atoms with Crippen molar-refractivity contribution < 1.29 is 0 Å². The largest absolute Gasteiger partial charge is 0.383 e. The van der Waals surface area contributed by atoms with Crippen LogP contribution in [0, 0.1) is 13.8 Å². The highest BCUT2D eigenvalue weighted by molar-refractivity contribution is 7.16. The number of anilines is 1. The SMILES string of the molecule is Cc1sc2c(c1C)C(N)=NCN2. The Bertz CT molecular complexity index is 351. The molecule has 3 N–H and O–H groups in total. The highest BCUT2D eigenvalue weighted by Gasteiger charge is 2.17. The average molecular weight is 181 g/mol. The van der Waals surface area contributed by atoms with Crippen LogP contribution in [0.25, 0.3) is 0 Å². The molecular weight excluding hydrogens is 170 g/mol. The maximum atomic E-state index is 5.78. The Morgan fingerprint density at radius 1 is 1.50 bits per heavy atom. The van der Waals surface area contributed by atoms with Gasteiger partial charge in [0.2, 0.25) is 0 Å². The van der Waals surface area contributed by atoms with Gasteiger partial charge in [-0.15, -0.1) is 11.3 Å². The number of rotatable bonds is 0. The van der Waals surface area contributed by atoms with Gasteiger partial charge < -0.3 is 11.1 Å². The Morgan fingerprint density at radius 3 is 2.92 bits per heavy atom. The van der Waals surface area contributed by atoms with Crippen LogP contribution in [-0.2, 0) is 0 Å². The molecule has 64 valence electrons. The predicted octanol–water partition coefficient (Wildman–Crippen LogP) is 1.45. The standard InChI is InChI=1S/C8H11N3S/c1-4-5(2)12-8-6(4)7(9)10-3-11-8/h11H,3H2,1-2H3,(H2,9,10). The van der Waals surface area contributed by atoms with Gasteiger partial charge in [-0.05, 0) is 19.4 Å². The Hall–Kier alpha value is -1.03. The number of amidine groups is 1. The smallest absolute Gasteiger partial charge is 0.130 e. The van der Waals surface area contributed by atoms with E-state index in [9.17, 15) is 0 Å². The molecule has 1 aliphatic heterocycles. The zero-order valence-electron chi connectivity index (χ0n) is 7.14. The number of fused-ring (bicyclic) bond motifs is 1. The molecule has 3 nitrogen and oxygen atoms in total. The van der Waals surface area contributed by atoms with Gasteiger partial charge in [0.25, 0.3) is 0 Å². The monoisotopic (exact) mass is 181 g/mol. The number of nitrogens with zero attached hydrogens (tertiary/aromatic N) is 1. The minimum Gasteiger partial charge on any atom is -0.383 e. The summed E-state index contributed by atoms with van der Waals surface area (Å²) in [5.74, 6) is 0.672. The minimum atomic E-state index is 0.609. The molecule has 0 saturated heterocycles. The van der Waals surface area contributed by atoms with Crippen molar-refractivity contribution in [3.8, 4) is 0 Å². The Kier molecular flexibility index (Phi) is 1.58. The summed E-state index contributed by atoms with van der Waals surface area (Å²) >= 11 is 1.75. The molecule has 0 aliphatic carbocycles. The molecule has 4 heteroatoms. The molecule has 0 bridgehead atoms. The van der Waals surface area contributed by atoms with Gasteiger partial charge in [-0.2, -0.15) is 0 Å². The van der Waals surface area contributed by atoms with Crippen molar-refractivity contribution in [1.82, 2.24) is 0 Å². The topological polar surface area (TPSA) is 50.4 Å². The van der Waals surface area contributed by atoms with Gasteiger partial charge in [0, 0.05) is 4.88 Å². The van der Waals surface area contributed by atoms with E-state index in [0.717, 1.165) is 10.6 Å². The lowest BCUT2D eigenvalue weighted by Gasteiger charge is -2.11. The van der Waals surface area contributed by atoms with Crippen LogP contribution in [0.15, 0.2) is 4.99 Å². The van der Waals surface area contributed by atoms with E-state index in [1.54, 1.807) is 11.3 Å². The molecule has 0 atom stereocenters. The maximum absolute atomic E-state index is 5.78. The quantitative estimate of drug-likeness (QED) is 0.636. The molecule has 2 rings (SSSR count). The molecule has 0 saturated carbocycles. The molecule has 0 fully saturated rings. The number of thiophene rings is 1. The number of aliphatic imine (C=N–C) groups is 1. The van der Waals surface area contributed by atoms with E-state index < -0.39 is 0 Å². The van der Waals surface area contributed by atoms with Crippen molar-refractivity contribution in [3.05, 3.63) is 16.0 Å². The molecule has 0 spiro atoms. The highest BCUT2D eigenvalue weighted by Crippen LogP contribution is 2.33. The summed E-state index contributed by atoms with van der Waals surface area (Å²) in [5, 5.41) is 4.37. The van der Waals surface area contributed by atoms with Gasteiger partial charge in [-0.25, -0.2) is 4.99 Å². The predicted molar refractivity (Wildman–Crippen MR) is 53.0 cm³/mol. The summed E-state index contributed by atoms with van der Waals surface area (Å²) < 4.78 is 0. The Morgan fingerprint density at radius 2 is 2.25 bits per heavy atom. The minimum absolute atomic E-state index is 0.609. The van der Waals surface area contributed by atoms with Crippen LogP contribution >= 0.6 is 11.3 Å². The third kappa shape index (κ3) is 0.914. The lowest BCUT2D eigenvalue weighted by atomic mass is 10.1. The van der Waals surface area contributed by atoms with E-state index >= 15 is 0 Å². The van der Waals surface area contributed by atoms with Crippen molar-refractivity contribution >= 4 is 22.2 Å². The summed E-state index contributed by atoms with van der Waals surface area (Å²) in [7, 11) is 0. The first-order valence-electron chi connectivity index (χ1n) is 3.84. The molecule has 1 aliphatic rings. The van der Waals surface area contributed by atoms with Gasteiger partial charge in [-0.3, -0.25) is 0 Å². The van der Waals surface area contributed by atoms with Crippen LogP contribution in [0.4, 0.5) is 5.00 Å². The number of aryl methyl sites for hydroxylation is 1. The van der Waals surface area contributed by atoms with Crippen molar-refractivity contribution in [2.75, 3.05) is 12.0 Å². The molecule has 0 radical (unpaired) electrons. The van der Waals surface area contributed by atoms with Crippen molar-refractivity contribution in [3.63, 3.8) is 0 Å². The summed E-state index contributed by atoms with van der Waals surface area (Å²) in [6, 6.07) is 0. The van der Waals surface area contributed by atoms with E-state index in [1.165, 1.54) is 10.4 Å². The zero-order chi connectivity index (χ0) is 8.72. The van der Waals surface area contributed by atoms with Crippen molar-refractivity contribution in [2.24, 2.45) is 10.7 Å². The number of hydrogen-bond donors (Lipinski definition) is 2. The molecule has 12 heavy (non-hydrogen) atoms. The molecular formula is C8H11N3S. The van der Waals surface area contributed by atoms with E-state index in [0.29, 0.717) is 12.5 Å². The van der Waals surface area contributed by atoms with Crippen LogP contribution < -0.4 is 11.1 Å². The highest BCUT2D eigenvalue weighted by atomic mass is 32.1. The summed E-state index contributed by atoms with van der Waals surface area (Å²) in [6.07, 6.45) is 0. The first-order valence-corrected chi connectivity index (χ1v) is 4.66. The third-order valence-corrected chi connectivity index (χ3v) is 3.30. The lowest BCUT2D eigenvalue weighted by Crippen LogP contribution is -2.21. The van der Waals surface area contributed by atoms with E-state index in [4.69, 9.17) is 5.73 Å². The molecule has 0 amide bonds. The second-order valence-corrected chi connectivity index (χ2v) is 4.09. The zero-order valence-corrected chi connectivity index (χ0v) is 7.96. The lowest BCUT2D eigenvalue weighted by molar-refractivity contribution is 1.11.